The van der Waals surface area contributed by atoms with E-state index in [2.05, 4.69) is 9.97 Å². The molecule has 2 aromatic rings. The summed E-state index contributed by atoms with van der Waals surface area (Å²) in [5.41, 5.74) is 1.90. The number of hydrogen-bond acceptors (Lipinski definition) is 4. The minimum atomic E-state index is -0.317. The van der Waals surface area contributed by atoms with Gasteiger partial charge >= 0.3 is 0 Å². The highest BCUT2D eigenvalue weighted by Gasteiger charge is 2.27. The number of halogens is 1. The van der Waals surface area contributed by atoms with Crippen LogP contribution in [0, 0.1) is 11.7 Å². The van der Waals surface area contributed by atoms with Crippen LogP contribution in [-0.4, -0.2) is 40.5 Å². The van der Waals surface area contributed by atoms with Gasteiger partial charge < -0.3 is 9.64 Å². The average molecular weight is 329 g/mol. The zero-order valence-electron chi connectivity index (χ0n) is 13.8. The molecule has 0 aliphatic carbocycles. The Labute approximate surface area is 140 Å². The normalized spacial score (nSPS) is 18.0. The highest BCUT2D eigenvalue weighted by molar-refractivity contribution is 5.78. The number of carbonyl (C=O) groups is 1. The lowest BCUT2D eigenvalue weighted by Crippen LogP contribution is -2.44. The van der Waals surface area contributed by atoms with Gasteiger partial charge in [0, 0.05) is 18.0 Å². The van der Waals surface area contributed by atoms with Crippen LogP contribution in [0.25, 0.3) is 11.3 Å². The van der Waals surface area contributed by atoms with E-state index < -0.39 is 0 Å². The molecule has 1 saturated heterocycles. The van der Waals surface area contributed by atoms with Crippen molar-refractivity contribution in [3.8, 4) is 11.3 Å². The molecule has 1 aliphatic rings. The van der Waals surface area contributed by atoms with Crippen molar-refractivity contribution < 1.29 is 13.9 Å². The molecule has 1 aromatic heterocycles. The molecule has 24 heavy (non-hydrogen) atoms. The van der Waals surface area contributed by atoms with Crippen molar-refractivity contribution in [2.45, 2.75) is 20.0 Å². The summed E-state index contributed by atoms with van der Waals surface area (Å²) in [5.74, 6) is -0.256. The zero-order chi connectivity index (χ0) is 17.1. The van der Waals surface area contributed by atoms with E-state index >= 15 is 0 Å². The van der Waals surface area contributed by atoms with E-state index in [0.29, 0.717) is 36.6 Å². The van der Waals surface area contributed by atoms with Crippen LogP contribution in [0.1, 0.15) is 25.6 Å². The summed E-state index contributed by atoms with van der Waals surface area (Å²) in [4.78, 5) is 22.8. The second kappa shape index (κ2) is 7.05. The van der Waals surface area contributed by atoms with Crippen LogP contribution >= 0.6 is 0 Å². The van der Waals surface area contributed by atoms with Crippen molar-refractivity contribution in [2.24, 2.45) is 5.92 Å². The second-order valence-corrected chi connectivity index (χ2v) is 6.14. The van der Waals surface area contributed by atoms with Gasteiger partial charge in [-0.25, -0.2) is 9.37 Å². The summed E-state index contributed by atoms with van der Waals surface area (Å²) >= 11 is 0. The Balaban J connectivity index is 1.82. The maximum atomic E-state index is 13.4. The maximum Gasteiger partial charge on any atom is 0.225 e. The monoisotopic (exact) mass is 329 g/mol. The number of aromatic nitrogens is 2. The Bertz CT molecular complexity index is 736. The van der Waals surface area contributed by atoms with E-state index in [-0.39, 0.29) is 23.7 Å². The molecule has 1 aromatic carbocycles. The minimum absolute atomic E-state index is 0.0477. The number of morpholine rings is 1. The van der Waals surface area contributed by atoms with Crippen molar-refractivity contribution in [2.75, 3.05) is 19.7 Å². The molecular weight excluding hydrogens is 309 g/mol. The first-order valence-electron chi connectivity index (χ1n) is 8.03. The van der Waals surface area contributed by atoms with Crippen LogP contribution in [0.2, 0.25) is 0 Å². The third kappa shape index (κ3) is 3.59. The van der Waals surface area contributed by atoms with Gasteiger partial charge in [-0.2, -0.15) is 0 Å². The second-order valence-electron chi connectivity index (χ2n) is 6.14. The van der Waals surface area contributed by atoms with Gasteiger partial charge in [0.15, 0.2) is 0 Å². The number of rotatable bonds is 3. The van der Waals surface area contributed by atoms with E-state index in [4.69, 9.17) is 4.74 Å². The number of carbonyl (C=O) groups excluding carboxylic acids is 1. The largest absolute Gasteiger partial charge is 0.368 e. The van der Waals surface area contributed by atoms with Gasteiger partial charge in [0.05, 0.1) is 36.9 Å². The van der Waals surface area contributed by atoms with Crippen molar-refractivity contribution in [1.29, 1.82) is 0 Å². The molecule has 1 aliphatic heterocycles. The van der Waals surface area contributed by atoms with Crippen LogP contribution in [0.5, 0.6) is 0 Å². The lowest BCUT2D eigenvalue weighted by molar-refractivity contribution is -0.142. The molecular formula is C18H20FN3O2. The molecule has 1 amide bonds. The topological polar surface area (TPSA) is 55.3 Å². The Kier molecular flexibility index (Phi) is 4.85. The first-order chi connectivity index (χ1) is 11.5. The van der Waals surface area contributed by atoms with Crippen LogP contribution in [0.3, 0.4) is 0 Å². The van der Waals surface area contributed by atoms with E-state index in [9.17, 15) is 9.18 Å². The summed E-state index contributed by atoms with van der Waals surface area (Å²) in [7, 11) is 0. The van der Waals surface area contributed by atoms with E-state index in [0.717, 1.165) is 0 Å². The van der Waals surface area contributed by atoms with Gasteiger partial charge in [-0.15, -0.1) is 0 Å². The van der Waals surface area contributed by atoms with Crippen molar-refractivity contribution in [1.82, 2.24) is 14.9 Å². The number of amides is 1. The molecule has 1 atom stereocenters. The average Bonchev–Trinajstić information content (AvgIpc) is 2.61. The van der Waals surface area contributed by atoms with Crippen molar-refractivity contribution >= 4 is 5.91 Å². The van der Waals surface area contributed by atoms with Gasteiger partial charge in [0.2, 0.25) is 5.91 Å². The van der Waals surface area contributed by atoms with Gasteiger partial charge in [-0.3, -0.25) is 9.78 Å². The summed E-state index contributed by atoms with van der Waals surface area (Å²) < 4.78 is 19.2. The molecule has 126 valence electrons. The molecule has 2 heterocycles. The van der Waals surface area contributed by atoms with Crippen LogP contribution in [-0.2, 0) is 9.53 Å². The summed E-state index contributed by atoms with van der Waals surface area (Å²) in [6, 6.07) is 6.23. The van der Waals surface area contributed by atoms with Crippen molar-refractivity contribution in [3.05, 3.63) is 48.2 Å². The fourth-order valence-electron chi connectivity index (χ4n) is 2.72. The number of nitrogens with zero attached hydrogens (tertiary/aromatic N) is 3. The number of benzene rings is 1. The zero-order valence-corrected chi connectivity index (χ0v) is 13.8. The van der Waals surface area contributed by atoms with Crippen molar-refractivity contribution in [3.63, 3.8) is 0 Å². The van der Waals surface area contributed by atoms with Gasteiger partial charge in [-0.05, 0) is 12.1 Å². The van der Waals surface area contributed by atoms with Crippen LogP contribution in [0.15, 0.2) is 36.7 Å². The first kappa shape index (κ1) is 16.5. The summed E-state index contributed by atoms with van der Waals surface area (Å²) in [6.45, 7) is 5.28. The smallest absolute Gasteiger partial charge is 0.225 e. The maximum absolute atomic E-state index is 13.4. The molecule has 0 radical (unpaired) electrons. The van der Waals surface area contributed by atoms with Gasteiger partial charge in [0.1, 0.15) is 11.9 Å². The summed E-state index contributed by atoms with van der Waals surface area (Å²) in [6.07, 6.45) is 2.91. The Hall–Kier alpha value is -2.34. The third-order valence-corrected chi connectivity index (χ3v) is 3.98. The van der Waals surface area contributed by atoms with E-state index in [1.807, 2.05) is 13.8 Å². The Morgan fingerprint density at radius 2 is 2.21 bits per heavy atom. The van der Waals surface area contributed by atoms with Crippen LogP contribution in [0.4, 0.5) is 4.39 Å². The standard InChI is InChI=1S/C18H20FN3O2/c1-12(2)18(23)22-6-7-24-17(11-22)16-10-20-9-15(21-16)13-4-3-5-14(19)8-13/h3-5,8-10,12,17H,6-7,11H2,1-2H3. The molecule has 0 N–H and O–H groups in total. The number of ether oxygens (including phenoxy) is 1. The minimum Gasteiger partial charge on any atom is -0.368 e. The third-order valence-electron chi connectivity index (χ3n) is 3.98. The Morgan fingerprint density at radius 1 is 1.38 bits per heavy atom. The fourth-order valence-corrected chi connectivity index (χ4v) is 2.72. The predicted molar refractivity (Wildman–Crippen MR) is 87.5 cm³/mol. The predicted octanol–water partition coefficient (Wildman–Crippen LogP) is 2.84. The first-order valence-corrected chi connectivity index (χ1v) is 8.03. The van der Waals surface area contributed by atoms with Crippen LogP contribution < -0.4 is 0 Å². The molecule has 1 unspecified atom stereocenters. The molecule has 1 fully saturated rings. The highest BCUT2D eigenvalue weighted by atomic mass is 19.1. The van der Waals surface area contributed by atoms with E-state index in [1.165, 1.54) is 12.1 Å². The number of hydrogen-bond donors (Lipinski definition) is 0. The van der Waals surface area contributed by atoms with Gasteiger partial charge in [-0.1, -0.05) is 26.0 Å². The lowest BCUT2D eigenvalue weighted by Gasteiger charge is -2.33. The SMILES string of the molecule is CC(C)C(=O)N1CCOC(c2cncc(-c3cccc(F)c3)n2)C1. The fraction of sp³-hybridized carbons (Fsp3) is 0.389. The quantitative estimate of drug-likeness (QED) is 0.869. The van der Waals surface area contributed by atoms with E-state index in [1.54, 1.807) is 29.4 Å². The molecule has 0 saturated carbocycles. The molecule has 3 rings (SSSR count). The molecule has 0 spiro atoms. The van der Waals surface area contributed by atoms with Gasteiger partial charge in [0.25, 0.3) is 0 Å². The molecule has 6 heteroatoms. The summed E-state index contributed by atoms with van der Waals surface area (Å²) in [5, 5.41) is 0. The highest BCUT2D eigenvalue weighted by Crippen LogP contribution is 2.24. The molecule has 5 nitrogen and oxygen atoms in total. The lowest BCUT2D eigenvalue weighted by atomic mass is 10.1. The molecule has 0 bridgehead atoms. The Morgan fingerprint density at radius 3 is 2.96 bits per heavy atom.